The van der Waals surface area contributed by atoms with Crippen molar-refractivity contribution in [3.05, 3.63) is 23.3 Å². The Bertz CT molecular complexity index is 1140. The predicted octanol–water partition coefficient (Wildman–Crippen LogP) is 3.80. The fraction of sp³-hybridized carbons (Fsp3) is 0.600. The van der Waals surface area contributed by atoms with Crippen LogP contribution in [0.4, 0.5) is 36.4 Å². The number of anilines is 1. The van der Waals surface area contributed by atoms with Gasteiger partial charge in [0.25, 0.3) is 0 Å². The Morgan fingerprint density at radius 2 is 1.34 bits per heavy atom. The van der Waals surface area contributed by atoms with Gasteiger partial charge in [-0.3, -0.25) is 0 Å². The van der Waals surface area contributed by atoms with Crippen molar-refractivity contribution < 1.29 is 70.2 Å². The van der Waals surface area contributed by atoms with Gasteiger partial charge in [0.15, 0.2) is 5.75 Å². The fourth-order valence-corrected chi connectivity index (χ4v) is 3.34. The minimum absolute atomic E-state index is 0.273. The molecule has 1 rings (SSSR count). The van der Waals surface area contributed by atoms with Crippen LogP contribution in [0.5, 0.6) is 5.75 Å². The van der Waals surface area contributed by atoms with Crippen LogP contribution in [0.3, 0.4) is 0 Å². The lowest BCUT2D eigenvalue weighted by Gasteiger charge is -2.22. The third kappa shape index (κ3) is 6.40. The maximum Gasteiger partial charge on any atom is 0.566 e. The molecule has 0 saturated heterocycles. The largest absolute Gasteiger partial charge is 0.566 e. The second-order valence-electron chi connectivity index (χ2n) is 7.27. The van der Waals surface area contributed by atoms with Crippen molar-refractivity contribution in [1.29, 1.82) is 0 Å². The summed E-state index contributed by atoms with van der Waals surface area (Å²) < 4.78 is 139. The van der Waals surface area contributed by atoms with E-state index in [4.69, 9.17) is 5.73 Å². The molecule has 0 atom stereocenters. The second kappa shape index (κ2) is 10.1. The van der Waals surface area contributed by atoms with Gasteiger partial charge in [0.2, 0.25) is 3.51 Å². The van der Waals surface area contributed by atoms with Gasteiger partial charge in [-0.2, -0.15) is 39.2 Å². The van der Waals surface area contributed by atoms with Crippen molar-refractivity contribution in [3.63, 3.8) is 0 Å². The molecule has 1 aromatic carbocycles. The van der Waals surface area contributed by atoms with Crippen LogP contribution in [0.15, 0.2) is 12.1 Å². The average Bonchev–Trinajstić information content (AvgIpc) is 2.69. The van der Waals surface area contributed by atoms with Gasteiger partial charge in [-0.05, 0) is 49.3 Å². The lowest BCUT2D eigenvalue weighted by Crippen LogP contribution is -2.50. The molecular weight excluding hydrogens is 565 g/mol. The van der Waals surface area contributed by atoms with Crippen molar-refractivity contribution >= 4 is 38.3 Å². The van der Waals surface area contributed by atoms with Crippen molar-refractivity contribution in [2.24, 2.45) is 0 Å². The molecule has 35 heavy (non-hydrogen) atoms. The molecule has 0 fully saturated rings. The molecule has 0 bridgehead atoms. The highest BCUT2D eigenvalue weighted by Gasteiger charge is 2.72. The molecular formula is C15H18F7N2O8S3+. The molecule has 10 nitrogen and oxygen atoms in total. The molecule has 0 spiro atoms. The number of benzene rings is 1. The molecule has 1 aromatic rings. The van der Waals surface area contributed by atoms with E-state index in [1.54, 1.807) is 27.7 Å². The van der Waals surface area contributed by atoms with Gasteiger partial charge < -0.3 is 10.6 Å². The van der Waals surface area contributed by atoms with Crippen LogP contribution >= 0.6 is 0 Å². The lowest BCUT2D eigenvalue weighted by molar-refractivity contribution is -0.798. The zero-order valence-corrected chi connectivity index (χ0v) is 20.4. The Hall–Kier alpha value is -2.03. The molecule has 0 aliphatic carbocycles. The predicted molar refractivity (Wildman–Crippen MR) is 104 cm³/mol. The maximum atomic E-state index is 13.9. The molecule has 0 aliphatic rings. The molecule has 0 aromatic heterocycles. The Labute approximate surface area is 199 Å². The first kappa shape index (κ1) is 31.0. The summed E-state index contributed by atoms with van der Waals surface area (Å²) >= 11 is 3.48. The van der Waals surface area contributed by atoms with E-state index < -0.39 is 46.3 Å². The van der Waals surface area contributed by atoms with Crippen molar-refractivity contribution in [2.45, 2.75) is 56.4 Å². The summed E-state index contributed by atoms with van der Waals surface area (Å²) in [6.07, 6.45) is -6.33. The Balaban J connectivity index is 3.16. The Morgan fingerprint density at radius 3 is 1.71 bits per heavy atom. The number of rotatable bonds is 11. The second-order valence-corrected chi connectivity index (χ2v) is 11.1. The topological polar surface area (TPSA) is 134 Å². The van der Waals surface area contributed by atoms with Gasteiger partial charge in [-0.25, -0.2) is 0 Å². The summed E-state index contributed by atoms with van der Waals surface area (Å²) in [6.45, 7) is 6.69. The van der Waals surface area contributed by atoms with E-state index in [0.29, 0.717) is 11.1 Å². The third-order valence-electron chi connectivity index (χ3n) is 4.03. The number of alkyl halides is 7. The van der Waals surface area contributed by atoms with Crippen LogP contribution < -0.4 is 10.6 Å². The number of sulfonamides is 1. The summed E-state index contributed by atoms with van der Waals surface area (Å²) in [7, 11) is -13.4. The lowest BCUT2D eigenvalue weighted by atomic mass is 9.92. The minimum Gasteiger partial charge on any atom is -0.398 e. The van der Waals surface area contributed by atoms with Gasteiger partial charge in [0.1, 0.15) is 0 Å². The number of nitrogen functional groups attached to an aromatic ring is 1. The first-order valence-electron chi connectivity index (χ1n) is 8.93. The van der Waals surface area contributed by atoms with E-state index in [9.17, 15) is 47.6 Å². The smallest absolute Gasteiger partial charge is 0.398 e. The fourth-order valence-electron chi connectivity index (χ4n) is 2.20. The number of nitrogens with two attached hydrogens (primary N) is 1. The molecule has 2 N–H and O–H groups in total. The number of nitrogens with zero attached hydrogens (tertiary/aromatic N) is 1. The zero-order valence-electron chi connectivity index (χ0n) is 18.0. The average molecular weight is 584 g/mol. The highest BCUT2D eigenvalue weighted by Crippen LogP contribution is 2.42. The summed E-state index contributed by atoms with van der Waals surface area (Å²) in [6, 6.07) is 2.18. The van der Waals surface area contributed by atoms with Crippen LogP contribution in [0.1, 0.15) is 50.7 Å². The first-order chi connectivity index (χ1) is 15.5. The van der Waals surface area contributed by atoms with E-state index in [-0.39, 0.29) is 17.5 Å². The monoisotopic (exact) mass is 583 g/mol. The molecule has 202 valence electrons. The highest BCUT2D eigenvalue weighted by atomic mass is 32.2. The molecule has 20 heteroatoms. The Kier molecular flexibility index (Phi) is 8.99. The van der Waals surface area contributed by atoms with Gasteiger partial charge in [-0.1, -0.05) is 27.7 Å². The molecule has 0 unspecified atom stereocenters. The molecule has 0 aliphatic heterocycles. The van der Waals surface area contributed by atoms with E-state index in [1.165, 1.54) is 0 Å². The van der Waals surface area contributed by atoms with E-state index in [2.05, 4.69) is 31.5 Å². The molecule has 0 saturated carbocycles. The van der Waals surface area contributed by atoms with Crippen LogP contribution in [-0.4, -0.2) is 37.2 Å². The van der Waals surface area contributed by atoms with Gasteiger partial charge in [-0.15, -0.1) is 8.42 Å². The van der Waals surface area contributed by atoms with Crippen LogP contribution in [-0.2, 0) is 46.8 Å². The van der Waals surface area contributed by atoms with Gasteiger partial charge in [0.05, 0.1) is 0 Å². The first-order valence-corrected chi connectivity index (χ1v) is 12.1. The maximum absolute atomic E-state index is 13.9. The quantitative estimate of drug-likeness (QED) is 0.135. The minimum atomic E-state index is -6.77. The third-order valence-corrected chi connectivity index (χ3v) is 6.83. The highest BCUT2D eigenvalue weighted by molar-refractivity contribution is 7.88. The molecule has 0 radical (unpaired) electrons. The van der Waals surface area contributed by atoms with Crippen LogP contribution in [0.25, 0.3) is 0 Å². The van der Waals surface area contributed by atoms with Gasteiger partial charge >= 0.3 is 49.4 Å². The number of hydrogen-bond acceptors (Lipinski definition) is 10. The summed E-state index contributed by atoms with van der Waals surface area (Å²) in [5, 5.41) is -6.40. The van der Waals surface area contributed by atoms with E-state index >= 15 is 0 Å². The van der Waals surface area contributed by atoms with Crippen molar-refractivity contribution in [1.82, 2.24) is 0 Å². The number of halogens is 7. The summed E-state index contributed by atoms with van der Waals surface area (Å²) in [4.78, 5) is 9.78. The van der Waals surface area contributed by atoms with E-state index in [1.807, 2.05) is 0 Å². The summed E-state index contributed by atoms with van der Waals surface area (Å²) in [5.74, 6) is -1.09. The normalized spacial score (nSPS) is 13.9. The summed E-state index contributed by atoms with van der Waals surface area (Å²) in [5.41, 5.74) is 0.813. The molecule has 0 amide bonds. The van der Waals surface area contributed by atoms with Crippen molar-refractivity contribution in [2.75, 3.05) is 5.73 Å². The van der Waals surface area contributed by atoms with Crippen molar-refractivity contribution in [3.8, 4) is 5.75 Å². The Morgan fingerprint density at radius 1 is 0.914 bits per heavy atom. The SMILES string of the molecule is CC(C)c1cc(OOS(=O)(=O)C(F)(F)C(F)(F)OO[N+](=S)S(=O)(=O)C(F)(F)F)cc(C(C)C)c1N. The van der Waals surface area contributed by atoms with Crippen LogP contribution in [0, 0.1) is 0 Å². The van der Waals surface area contributed by atoms with Crippen LogP contribution in [0.2, 0.25) is 0 Å². The number of hydrogen-bond donors (Lipinski definition) is 1. The van der Waals surface area contributed by atoms with E-state index in [0.717, 1.165) is 12.1 Å². The van der Waals surface area contributed by atoms with Gasteiger partial charge in [0, 0.05) is 5.69 Å². The zero-order chi connectivity index (χ0) is 27.8. The molecule has 0 heterocycles. The standard InChI is InChI=1S/C15H18F7N2O8S3/c1-7(2)10-5-9(6-11(8(3)4)12(10)23)29-32-35(27,28)14(18,19)13(16,17)30-31-24(33)34(25,26)15(20,21)22/h5-8H,23H2,1-4H3/q+1.